The third kappa shape index (κ3) is 4.81. The Morgan fingerprint density at radius 3 is 1.52 bits per heavy atom. The number of esters is 2. The van der Waals surface area contributed by atoms with Gasteiger partial charge in [-0.2, -0.15) is 0 Å². The van der Waals surface area contributed by atoms with Gasteiger partial charge in [0.25, 0.3) is 0 Å². The molecule has 2 aromatic carbocycles. The van der Waals surface area contributed by atoms with Crippen LogP contribution in [0.3, 0.4) is 0 Å². The van der Waals surface area contributed by atoms with Gasteiger partial charge >= 0.3 is 19.6 Å². The molecule has 9 heteroatoms. The van der Waals surface area contributed by atoms with E-state index in [1.165, 1.54) is 50.6 Å². The molecule has 0 aromatic heterocycles. The Labute approximate surface area is 154 Å². The summed E-state index contributed by atoms with van der Waals surface area (Å²) in [7, 11) is 3.59. The average molecular weight is 382 g/mol. The number of hydrogen-bond donors (Lipinski definition) is 0. The van der Waals surface area contributed by atoms with Gasteiger partial charge in [-0.15, -0.1) is 0 Å². The van der Waals surface area contributed by atoms with Gasteiger partial charge in [0.05, 0.1) is 35.4 Å². The molecule has 0 N–H and O–H groups in total. The zero-order valence-electron chi connectivity index (χ0n) is 13.2. The van der Waals surface area contributed by atoms with Gasteiger partial charge in [-0.3, -0.25) is 0 Å². The molecule has 0 atom stereocenters. The molecule has 25 heavy (non-hydrogen) atoms. The van der Waals surface area contributed by atoms with E-state index >= 15 is 0 Å². The third-order valence-corrected chi connectivity index (χ3v) is 3.69. The standard InChI is InChI=1S/C16H12BCl2O6/c1-22-15(20)11-5-3-9(7-13(11)18)24-17-25-10-4-6-12(14(19)8-10)16(21)23-2/h3-8H,1-2H3. The number of rotatable bonds is 6. The Balaban J connectivity index is 1.97. The Hall–Kier alpha value is -2.38. The fraction of sp³-hybridized carbons (Fsp3) is 0.125. The van der Waals surface area contributed by atoms with E-state index in [4.69, 9.17) is 32.5 Å². The number of benzene rings is 2. The van der Waals surface area contributed by atoms with Crippen LogP contribution < -0.4 is 9.31 Å². The third-order valence-electron chi connectivity index (χ3n) is 3.06. The van der Waals surface area contributed by atoms with E-state index in [1.807, 2.05) is 0 Å². The monoisotopic (exact) mass is 381 g/mol. The molecule has 0 aliphatic heterocycles. The Kier molecular flexibility index (Phi) is 6.55. The lowest BCUT2D eigenvalue weighted by Gasteiger charge is -2.09. The normalized spacial score (nSPS) is 9.92. The van der Waals surface area contributed by atoms with Gasteiger partial charge in [0, 0.05) is 0 Å². The highest BCUT2D eigenvalue weighted by Gasteiger charge is 2.14. The molecular weight excluding hydrogens is 370 g/mol. The van der Waals surface area contributed by atoms with Crippen molar-refractivity contribution in [3.63, 3.8) is 0 Å². The van der Waals surface area contributed by atoms with E-state index in [1.54, 1.807) is 0 Å². The highest BCUT2D eigenvalue weighted by atomic mass is 35.5. The molecule has 0 amide bonds. The summed E-state index contributed by atoms with van der Waals surface area (Å²) in [5, 5.41) is 0.367. The smallest absolute Gasteiger partial charge is 0.526 e. The molecule has 0 aliphatic rings. The predicted molar refractivity (Wildman–Crippen MR) is 92.6 cm³/mol. The minimum absolute atomic E-state index is 0.184. The minimum Gasteiger partial charge on any atom is -0.526 e. The van der Waals surface area contributed by atoms with Gasteiger partial charge in [0.1, 0.15) is 11.5 Å². The lowest BCUT2D eigenvalue weighted by molar-refractivity contribution is 0.0592. The van der Waals surface area contributed by atoms with Crippen molar-refractivity contribution >= 4 is 42.8 Å². The lowest BCUT2D eigenvalue weighted by atomic mass is 10.2. The van der Waals surface area contributed by atoms with Crippen LogP contribution in [0.5, 0.6) is 11.5 Å². The molecule has 129 valence electrons. The first-order valence-electron chi connectivity index (χ1n) is 6.87. The molecule has 2 rings (SSSR count). The number of hydrogen-bond acceptors (Lipinski definition) is 6. The molecule has 1 radical (unpaired) electrons. The molecule has 2 aromatic rings. The molecule has 0 aliphatic carbocycles. The van der Waals surface area contributed by atoms with Crippen LogP contribution in [0.15, 0.2) is 36.4 Å². The highest BCUT2D eigenvalue weighted by molar-refractivity contribution is 6.34. The van der Waals surface area contributed by atoms with Crippen molar-refractivity contribution in [2.75, 3.05) is 14.2 Å². The molecule has 0 fully saturated rings. The van der Waals surface area contributed by atoms with E-state index in [-0.39, 0.29) is 21.2 Å². The van der Waals surface area contributed by atoms with Crippen LogP contribution in [-0.2, 0) is 9.47 Å². The van der Waals surface area contributed by atoms with Gasteiger partial charge in [0.15, 0.2) is 0 Å². The summed E-state index contributed by atoms with van der Waals surface area (Å²) in [4.78, 5) is 22.9. The van der Waals surface area contributed by atoms with Gasteiger partial charge in [-0.05, 0) is 36.4 Å². The number of ether oxygens (including phenoxy) is 2. The van der Waals surface area contributed by atoms with Crippen molar-refractivity contribution < 1.29 is 28.4 Å². The SMILES string of the molecule is COC(=O)c1ccc(O[B]Oc2ccc(C(=O)OC)c(Cl)c2)cc1Cl. The Bertz CT molecular complexity index is 731. The molecule has 0 unspecified atom stereocenters. The second-order valence-corrected chi connectivity index (χ2v) is 5.41. The van der Waals surface area contributed by atoms with Crippen LogP contribution in [0, 0.1) is 0 Å². The molecule has 0 saturated carbocycles. The molecule has 0 saturated heterocycles. The maximum absolute atomic E-state index is 11.4. The number of methoxy groups -OCH3 is 2. The van der Waals surface area contributed by atoms with Gasteiger partial charge in [-0.1, -0.05) is 23.2 Å². The highest BCUT2D eigenvalue weighted by Crippen LogP contribution is 2.25. The molecule has 6 nitrogen and oxygen atoms in total. The van der Waals surface area contributed by atoms with Crippen molar-refractivity contribution in [1.29, 1.82) is 0 Å². The predicted octanol–water partition coefficient (Wildman–Crippen LogP) is 3.56. The van der Waals surface area contributed by atoms with Gasteiger partial charge in [0.2, 0.25) is 0 Å². The first-order valence-corrected chi connectivity index (χ1v) is 7.62. The Morgan fingerprint density at radius 2 is 1.20 bits per heavy atom. The van der Waals surface area contributed by atoms with E-state index in [0.29, 0.717) is 11.5 Å². The zero-order valence-corrected chi connectivity index (χ0v) is 14.8. The average Bonchev–Trinajstić information content (AvgIpc) is 2.60. The molecular formula is C16H12BCl2O6. The largest absolute Gasteiger partial charge is 0.658 e. The van der Waals surface area contributed by atoms with Crippen LogP contribution in [0.2, 0.25) is 10.0 Å². The van der Waals surface area contributed by atoms with Crippen molar-refractivity contribution in [1.82, 2.24) is 0 Å². The summed E-state index contributed by atoms with van der Waals surface area (Å²) < 4.78 is 19.8. The fourth-order valence-electron chi connectivity index (χ4n) is 1.82. The zero-order chi connectivity index (χ0) is 18.4. The first kappa shape index (κ1) is 19.0. The second-order valence-electron chi connectivity index (χ2n) is 4.60. The van der Waals surface area contributed by atoms with Crippen LogP contribution in [-0.4, -0.2) is 33.8 Å². The molecule has 0 spiro atoms. The Morgan fingerprint density at radius 1 is 0.800 bits per heavy atom. The quantitative estimate of drug-likeness (QED) is 0.562. The number of halogens is 2. The summed E-state index contributed by atoms with van der Waals surface area (Å²) in [5.41, 5.74) is 0.449. The first-order chi connectivity index (χ1) is 12.0. The van der Waals surface area contributed by atoms with Crippen LogP contribution in [0.25, 0.3) is 0 Å². The maximum Gasteiger partial charge on any atom is 0.658 e. The second kappa shape index (κ2) is 8.64. The van der Waals surface area contributed by atoms with E-state index in [2.05, 4.69) is 9.47 Å². The summed E-state index contributed by atoms with van der Waals surface area (Å²) in [6.07, 6.45) is 0. The number of carbonyl (C=O) groups excluding carboxylic acids is 2. The van der Waals surface area contributed by atoms with Crippen LogP contribution in [0.4, 0.5) is 0 Å². The van der Waals surface area contributed by atoms with Crippen molar-refractivity contribution in [2.24, 2.45) is 0 Å². The molecule has 0 bridgehead atoms. The maximum atomic E-state index is 11.4. The minimum atomic E-state index is -0.544. The van der Waals surface area contributed by atoms with Gasteiger partial charge < -0.3 is 18.8 Å². The van der Waals surface area contributed by atoms with E-state index < -0.39 is 11.9 Å². The van der Waals surface area contributed by atoms with Crippen molar-refractivity contribution in [3.8, 4) is 11.5 Å². The topological polar surface area (TPSA) is 71.1 Å². The van der Waals surface area contributed by atoms with Crippen LogP contribution in [0.1, 0.15) is 20.7 Å². The van der Waals surface area contributed by atoms with Crippen molar-refractivity contribution in [2.45, 2.75) is 0 Å². The lowest BCUT2D eigenvalue weighted by Crippen LogP contribution is -2.11. The van der Waals surface area contributed by atoms with E-state index in [9.17, 15) is 9.59 Å². The summed E-state index contributed by atoms with van der Waals surface area (Å²) in [6.45, 7) is 0. The molecule has 0 heterocycles. The van der Waals surface area contributed by atoms with Crippen LogP contribution >= 0.6 is 23.2 Å². The number of carbonyl (C=O) groups is 2. The summed E-state index contributed by atoms with van der Waals surface area (Å²) >= 11 is 12.0. The van der Waals surface area contributed by atoms with Gasteiger partial charge in [-0.25, -0.2) is 9.59 Å². The fourth-order valence-corrected chi connectivity index (χ4v) is 2.32. The summed E-state index contributed by atoms with van der Waals surface area (Å²) in [5.74, 6) is -0.376. The summed E-state index contributed by atoms with van der Waals surface area (Å²) in [6, 6.07) is 8.90. The van der Waals surface area contributed by atoms with Crippen molar-refractivity contribution in [3.05, 3.63) is 57.6 Å². The van der Waals surface area contributed by atoms with E-state index in [0.717, 1.165) is 7.69 Å².